The second-order valence-corrected chi connectivity index (χ2v) is 7.04. The largest absolute Gasteiger partial charge is 0.356 e. The second kappa shape index (κ2) is 20.3. The van der Waals surface area contributed by atoms with E-state index >= 15 is 0 Å². The molecule has 24 heavy (non-hydrogen) atoms. The van der Waals surface area contributed by atoms with Crippen LogP contribution in [0.4, 0.5) is 0 Å². The molecule has 0 spiro atoms. The van der Waals surface area contributed by atoms with Gasteiger partial charge < -0.3 is 5.32 Å². The molecule has 0 unspecified atom stereocenters. The number of rotatable bonds is 18. The lowest BCUT2D eigenvalue weighted by atomic mass is 10.1. The van der Waals surface area contributed by atoms with Crippen LogP contribution in [-0.2, 0) is 4.79 Å². The molecule has 0 aromatic rings. The van der Waals surface area contributed by atoms with Crippen molar-refractivity contribution < 1.29 is 4.79 Å². The van der Waals surface area contributed by atoms with E-state index in [0.717, 1.165) is 25.8 Å². The molecule has 0 aliphatic carbocycles. The zero-order chi connectivity index (χ0) is 17.7. The summed E-state index contributed by atoms with van der Waals surface area (Å²) >= 11 is 0. The average molecular weight is 338 g/mol. The molecule has 142 valence electrons. The van der Waals surface area contributed by atoms with Crippen LogP contribution in [0.3, 0.4) is 0 Å². The van der Waals surface area contributed by atoms with Crippen LogP contribution in [-0.4, -0.2) is 12.5 Å². The molecule has 0 aliphatic rings. The van der Waals surface area contributed by atoms with E-state index in [2.05, 4.69) is 31.3 Å². The number of carbonyl (C=O) groups is 1. The molecule has 0 fully saturated rings. The van der Waals surface area contributed by atoms with Gasteiger partial charge in [0, 0.05) is 13.0 Å². The van der Waals surface area contributed by atoms with Gasteiger partial charge in [-0.3, -0.25) is 4.79 Å². The van der Waals surface area contributed by atoms with Crippen molar-refractivity contribution in [1.29, 1.82) is 0 Å². The molecule has 0 heterocycles. The van der Waals surface area contributed by atoms with Crippen molar-refractivity contribution >= 4 is 5.91 Å². The summed E-state index contributed by atoms with van der Waals surface area (Å²) in [6.07, 6.45) is 24.4. The summed E-state index contributed by atoms with van der Waals surface area (Å²) in [7, 11) is 0. The van der Waals surface area contributed by atoms with Crippen LogP contribution in [0.1, 0.15) is 117 Å². The maximum absolute atomic E-state index is 11.7. The molecule has 0 saturated heterocycles. The van der Waals surface area contributed by atoms with Gasteiger partial charge in [-0.15, -0.1) is 0 Å². The van der Waals surface area contributed by atoms with Gasteiger partial charge in [-0.25, -0.2) is 0 Å². The van der Waals surface area contributed by atoms with Crippen molar-refractivity contribution in [2.75, 3.05) is 6.54 Å². The lowest BCUT2D eigenvalue weighted by Gasteiger charge is -2.04. The molecule has 1 amide bonds. The van der Waals surface area contributed by atoms with Crippen molar-refractivity contribution in [3.63, 3.8) is 0 Å². The Balaban J connectivity index is 3.20. The van der Waals surface area contributed by atoms with Gasteiger partial charge in [0.2, 0.25) is 5.91 Å². The molecule has 0 radical (unpaired) electrons. The predicted molar refractivity (Wildman–Crippen MR) is 107 cm³/mol. The predicted octanol–water partition coefficient (Wildman–Crippen LogP) is 6.94. The Labute approximate surface area is 151 Å². The van der Waals surface area contributed by atoms with Gasteiger partial charge >= 0.3 is 0 Å². The van der Waals surface area contributed by atoms with Gasteiger partial charge in [0.05, 0.1) is 0 Å². The Morgan fingerprint density at radius 3 is 1.79 bits per heavy atom. The summed E-state index contributed by atoms with van der Waals surface area (Å²) < 4.78 is 0. The lowest BCUT2D eigenvalue weighted by molar-refractivity contribution is -0.121. The third-order valence-electron chi connectivity index (χ3n) is 4.53. The number of amides is 1. The van der Waals surface area contributed by atoms with E-state index in [-0.39, 0.29) is 5.91 Å². The molecule has 2 heteroatoms. The van der Waals surface area contributed by atoms with E-state index in [1.807, 2.05) is 0 Å². The van der Waals surface area contributed by atoms with Gasteiger partial charge in [-0.2, -0.15) is 0 Å². The quantitative estimate of drug-likeness (QED) is 0.213. The van der Waals surface area contributed by atoms with Crippen molar-refractivity contribution in [3.05, 3.63) is 12.2 Å². The molecule has 0 rings (SSSR count). The number of allylic oxidation sites excluding steroid dienone is 2. The van der Waals surface area contributed by atoms with Crippen molar-refractivity contribution in [2.45, 2.75) is 117 Å². The number of nitrogens with one attached hydrogen (secondary N) is 1. The Hall–Kier alpha value is -0.790. The zero-order valence-electron chi connectivity index (χ0n) is 16.6. The Kier molecular flexibility index (Phi) is 19.6. The Morgan fingerprint density at radius 1 is 0.667 bits per heavy atom. The molecule has 0 bridgehead atoms. The molecule has 1 N–H and O–H groups in total. The number of carbonyl (C=O) groups excluding carboxylic acids is 1. The summed E-state index contributed by atoms with van der Waals surface area (Å²) in [6, 6.07) is 0. The van der Waals surface area contributed by atoms with Gasteiger partial charge in [0.25, 0.3) is 0 Å². The summed E-state index contributed by atoms with van der Waals surface area (Å²) in [4.78, 5) is 11.7. The SMILES string of the molecule is CCCCC/C=C\CCC(=O)NCCCCCCCCCCCC. The fourth-order valence-electron chi connectivity index (χ4n) is 2.89. The van der Waals surface area contributed by atoms with Gasteiger partial charge in [0.1, 0.15) is 0 Å². The first kappa shape index (κ1) is 23.2. The van der Waals surface area contributed by atoms with E-state index < -0.39 is 0 Å². The van der Waals surface area contributed by atoms with Gasteiger partial charge in [-0.05, 0) is 25.7 Å². The average Bonchev–Trinajstić information content (AvgIpc) is 2.59. The van der Waals surface area contributed by atoms with E-state index in [4.69, 9.17) is 0 Å². The minimum Gasteiger partial charge on any atom is -0.356 e. The Bertz CT molecular complexity index is 286. The summed E-state index contributed by atoms with van der Waals surface area (Å²) in [6.45, 7) is 5.35. The van der Waals surface area contributed by atoms with Gasteiger partial charge in [0.15, 0.2) is 0 Å². The van der Waals surface area contributed by atoms with E-state index in [0.29, 0.717) is 6.42 Å². The minimum absolute atomic E-state index is 0.212. The van der Waals surface area contributed by atoms with Crippen LogP contribution in [0.2, 0.25) is 0 Å². The molecular weight excluding hydrogens is 294 g/mol. The highest BCUT2D eigenvalue weighted by molar-refractivity contribution is 5.75. The van der Waals surface area contributed by atoms with Crippen molar-refractivity contribution in [2.24, 2.45) is 0 Å². The topological polar surface area (TPSA) is 29.1 Å². The smallest absolute Gasteiger partial charge is 0.220 e. The monoisotopic (exact) mass is 337 g/mol. The van der Waals surface area contributed by atoms with Crippen LogP contribution >= 0.6 is 0 Å². The second-order valence-electron chi connectivity index (χ2n) is 7.04. The number of hydrogen-bond donors (Lipinski definition) is 1. The fourth-order valence-corrected chi connectivity index (χ4v) is 2.89. The first-order chi connectivity index (χ1) is 11.8. The van der Waals surface area contributed by atoms with E-state index in [1.165, 1.54) is 77.0 Å². The van der Waals surface area contributed by atoms with Crippen LogP contribution in [0, 0.1) is 0 Å². The summed E-state index contributed by atoms with van der Waals surface area (Å²) in [5, 5.41) is 3.05. The van der Waals surface area contributed by atoms with Gasteiger partial charge in [-0.1, -0.05) is 96.6 Å². The maximum Gasteiger partial charge on any atom is 0.220 e. The summed E-state index contributed by atoms with van der Waals surface area (Å²) in [5.74, 6) is 0.212. The maximum atomic E-state index is 11.7. The molecule has 2 nitrogen and oxygen atoms in total. The molecule has 0 saturated carbocycles. The molecule has 0 aromatic carbocycles. The van der Waals surface area contributed by atoms with Crippen LogP contribution in [0.15, 0.2) is 12.2 Å². The summed E-state index contributed by atoms with van der Waals surface area (Å²) in [5.41, 5.74) is 0. The highest BCUT2D eigenvalue weighted by atomic mass is 16.1. The molecule has 0 aromatic heterocycles. The minimum atomic E-state index is 0.212. The molecular formula is C22H43NO. The first-order valence-electron chi connectivity index (χ1n) is 10.7. The Morgan fingerprint density at radius 2 is 1.17 bits per heavy atom. The van der Waals surface area contributed by atoms with Crippen LogP contribution < -0.4 is 5.32 Å². The number of unbranched alkanes of at least 4 members (excludes halogenated alkanes) is 12. The van der Waals surface area contributed by atoms with E-state index in [9.17, 15) is 4.79 Å². The van der Waals surface area contributed by atoms with Crippen molar-refractivity contribution in [3.8, 4) is 0 Å². The zero-order valence-corrected chi connectivity index (χ0v) is 16.6. The van der Waals surface area contributed by atoms with Crippen molar-refractivity contribution in [1.82, 2.24) is 5.32 Å². The normalized spacial score (nSPS) is 11.2. The number of hydrogen-bond acceptors (Lipinski definition) is 1. The molecule has 0 aliphatic heterocycles. The van der Waals surface area contributed by atoms with E-state index in [1.54, 1.807) is 0 Å². The molecule has 0 atom stereocenters. The third kappa shape index (κ3) is 19.3. The highest BCUT2D eigenvalue weighted by Crippen LogP contribution is 2.10. The van der Waals surface area contributed by atoms with Crippen LogP contribution in [0.25, 0.3) is 0 Å². The lowest BCUT2D eigenvalue weighted by Crippen LogP contribution is -2.23. The fraction of sp³-hybridized carbons (Fsp3) is 0.864. The van der Waals surface area contributed by atoms with Crippen LogP contribution in [0.5, 0.6) is 0 Å². The third-order valence-corrected chi connectivity index (χ3v) is 4.53. The standard InChI is InChI=1S/C22H43NO/c1-3-5-7-9-11-12-13-15-17-19-21-23-22(24)20-18-16-14-10-8-6-4-2/h14,16H,3-13,15,17-21H2,1-2H3,(H,23,24)/b16-14-. The first-order valence-corrected chi connectivity index (χ1v) is 10.7. The highest BCUT2D eigenvalue weighted by Gasteiger charge is 1.98.